The Hall–Kier alpha value is -0.790. The van der Waals surface area contributed by atoms with Crippen molar-refractivity contribution in [2.75, 3.05) is 0 Å². The van der Waals surface area contributed by atoms with Crippen LogP contribution in [-0.4, -0.2) is 11.6 Å². The third kappa shape index (κ3) is 1.20. The summed E-state index contributed by atoms with van der Waals surface area (Å²) in [7, 11) is 0. The van der Waals surface area contributed by atoms with Crippen LogP contribution in [0.3, 0.4) is 0 Å². The quantitative estimate of drug-likeness (QED) is 0.474. The number of ether oxygens (including phenoxy) is 1. The monoisotopic (exact) mass is 194 g/mol. The Balaban J connectivity index is 2.34. The molecule has 1 saturated heterocycles. The minimum absolute atomic E-state index is 0.0347. The molecule has 1 unspecified atom stereocenters. The van der Waals surface area contributed by atoms with Crippen molar-refractivity contribution < 1.29 is 9.53 Å². The first-order valence-electron chi connectivity index (χ1n) is 5.36. The summed E-state index contributed by atoms with van der Waals surface area (Å²) in [5.74, 6) is 0.293. The van der Waals surface area contributed by atoms with Gasteiger partial charge in [0.05, 0.1) is 6.42 Å². The van der Waals surface area contributed by atoms with Gasteiger partial charge in [-0.15, -0.1) is 6.58 Å². The molecule has 0 bridgehead atoms. The predicted octanol–water partition coefficient (Wildman–Crippen LogP) is 2.68. The van der Waals surface area contributed by atoms with E-state index in [0.29, 0.717) is 12.3 Å². The Labute approximate surface area is 85.3 Å². The maximum absolute atomic E-state index is 11.4. The van der Waals surface area contributed by atoms with Crippen LogP contribution in [0.4, 0.5) is 0 Å². The number of fused-ring (bicyclic) bond motifs is 1. The van der Waals surface area contributed by atoms with Crippen LogP contribution in [-0.2, 0) is 9.53 Å². The summed E-state index contributed by atoms with van der Waals surface area (Å²) < 4.78 is 5.46. The molecule has 3 atom stereocenters. The molecule has 2 fully saturated rings. The van der Waals surface area contributed by atoms with Gasteiger partial charge in [0.15, 0.2) is 0 Å². The van der Waals surface area contributed by atoms with Crippen molar-refractivity contribution in [3.05, 3.63) is 12.7 Å². The van der Waals surface area contributed by atoms with Crippen LogP contribution in [0.2, 0.25) is 0 Å². The topological polar surface area (TPSA) is 26.3 Å². The van der Waals surface area contributed by atoms with E-state index in [2.05, 4.69) is 20.4 Å². The van der Waals surface area contributed by atoms with E-state index in [1.807, 2.05) is 6.08 Å². The van der Waals surface area contributed by atoms with E-state index in [1.54, 1.807) is 0 Å². The molecule has 78 valence electrons. The van der Waals surface area contributed by atoms with Crippen molar-refractivity contribution in [2.24, 2.45) is 11.3 Å². The maximum Gasteiger partial charge on any atom is 0.306 e. The molecule has 0 aromatic heterocycles. The lowest BCUT2D eigenvalue weighted by Crippen LogP contribution is -2.44. The number of hydrogen-bond donors (Lipinski definition) is 0. The summed E-state index contributed by atoms with van der Waals surface area (Å²) in [5, 5.41) is 0. The standard InChI is InChI=1S/C12H18O2/c1-4-11(2)6-5-7-12(3)9(11)8-10(13)14-12/h4,9H,1,5-8H2,2-3H3/t9?,11-,12+/m1/s1. The van der Waals surface area contributed by atoms with Crippen molar-refractivity contribution in [1.29, 1.82) is 0 Å². The van der Waals surface area contributed by atoms with Crippen molar-refractivity contribution in [3.63, 3.8) is 0 Å². The van der Waals surface area contributed by atoms with Crippen LogP contribution in [0.5, 0.6) is 0 Å². The molecule has 1 heterocycles. The highest BCUT2D eigenvalue weighted by molar-refractivity contribution is 5.73. The Bertz CT molecular complexity index is 284. The summed E-state index contributed by atoms with van der Waals surface area (Å²) in [6, 6.07) is 0. The fourth-order valence-electron chi connectivity index (χ4n) is 3.15. The zero-order valence-electron chi connectivity index (χ0n) is 9.01. The highest BCUT2D eigenvalue weighted by atomic mass is 16.6. The molecule has 1 aliphatic heterocycles. The summed E-state index contributed by atoms with van der Waals surface area (Å²) in [5.41, 5.74) is -0.141. The van der Waals surface area contributed by atoms with Crippen molar-refractivity contribution >= 4 is 5.97 Å². The SMILES string of the molecule is C=C[C@]1(C)CCC[C@]2(C)OC(=O)CC12. The van der Waals surface area contributed by atoms with E-state index >= 15 is 0 Å². The molecule has 0 N–H and O–H groups in total. The Morgan fingerprint density at radius 2 is 2.21 bits per heavy atom. The second-order valence-corrected chi connectivity index (χ2v) is 5.11. The van der Waals surface area contributed by atoms with Crippen LogP contribution < -0.4 is 0 Å². The average Bonchev–Trinajstić information content (AvgIpc) is 2.42. The largest absolute Gasteiger partial charge is 0.459 e. The summed E-state index contributed by atoms with van der Waals surface area (Å²) in [6.45, 7) is 8.18. The first-order valence-corrected chi connectivity index (χ1v) is 5.36. The summed E-state index contributed by atoms with van der Waals surface area (Å²) in [6.07, 6.45) is 5.85. The molecule has 0 aromatic carbocycles. The third-order valence-corrected chi connectivity index (χ3v) is 4.11. The first kappa shape index (κ1) is 9.75. The molecule has 2 rings (SSSR count). The van der Waals surface area contributed by atoms with Gasteiger partial charge in [0, 0.05) is 5.92 Å². The molecule has 1 aliphatic carbocycles. The van der Waals surface area contributed by atoms with Crippen molar-refractivity contribution in [2.45, 2.75) is 45.1 Å². The molecule has 0 radical (unpaired) electrons. The van der Waals surface area contributed by atoms with Crippen molar-refractivity contribution in [1.82, 2.24) is 0 Å². The van der Waals surface area contributed by atoms with Crippen LogP contribution in [0.1, 0.15) is 39.5 Å². The molecule has 0 amide bonds. The van der Waals surface area contributed by atoms with E-state index < -0.39 is 0 Å². The van der Waals surface area contributed by atoms with E-state index in [9.17, 15) is 4.79 Å². The van der Waals surface area contributed by atoms with E-state index in [4.69, 9.17) is 4.74 Å². The maximum atomic E-state index is 11.4. The van der Waals surface area contributed by atoms with Gasteiger partial charge in [-0.3, -0.25) is 4.79 Å². The van der Waals surface area contributed by atoms with Crippen LogP contribution in [0.25, 0.3) is 0 Å². The predicted molar refractivity (Wildman–Crippen MR) is 54.8 cm³/mol. The first-order chi connectivity index (χ1) is 6.50. The van der Waals surface area contributed by atoms with E-state index in [1.165, 1.54) is 0 Å². The Morgan fingerprint density at radius 1 is 1.50 bits per heavy atom. The molecular weight excluding hydrogens is 176 g/mol. The zero-order valence-corrected chi connectivity index (χ0v) is 9.01. The number of allylic oxidation sites excluding steroid dienone is 1. The second kappa shape index (κ2) is 2.85. The van der Waals surface area contributed by atoms with E-state index in [-0.39, 0.29) is 17.0 Å². The Morgan fingerprint density at radius 3 is 2.86 bits per heavy atom. The molecule has 1 saturated carbocycles. The molecule has 2 nitrogen and oxygen atoms in total. The number of carbonyl (C=O) groups is 1. The number of carbonyl (C=O) groups excluding carboxylic acids is 1. The van der Waals surface area contributed by atoms with Gasteiger partial charge in [-0.2, -0.15) is 0 Å². The molecule has 14 heavy (non-hydrogen) atoms. The molecule has 0 aromatic rings. The van der Waals surface area contributed by atoms with Gasteiger partial charge < -0.3 is 4.74 Å². The number of hydrogen-bond acceptors (Lipinski definition) is 2. The molecule has 2 aliphatic rings. The molecule has 2 heteroatoms. The van der Waals surface area contributed by atoms with Crippen LogP contribution in [0.15, 0.2) is 12.7 Å². The lowest BCUT2D eigenvalue weighted by atomic mass is 9.61. The summed E-state index contributed by atoms with van der Waals surface area (Å²) >= 11 is 0. The smallest absolute Gasteiger partial charge is 0.306 e. The van der Waals surface area contributed by atoms with E-state index in [0.717, 1.165) is 19.3 Å². The number of rotatable bonds is 1. The minimum atomic E-state index is -0.224. The van der Waals surface area contributed by atoms with Crippen LogP contribution in [0, 0.1) is 11.3 Å². The number of esters is 1. The Kier molecular flexibility index (Phi) is 1.98. The summed E-state index contributed by atoms with van der Waals surface area (Å²) in [4.78, 5) is 11.4. The van der Waals surface area contributed by atoms with Gasteiger partial charge in [-0.1, -0.05) is 13.0 Å². The fourth-order valence-corrected chi connectivity index (χ4v) is 3.15. The second-order valence-electron chi connectivity index (χ2n) is 5.11. The highest BCUT2D eigenvalue weighted by Gasteiger charge is 2.54. The van der Waals surface area contributed by atoms with Gasteiger partial charge in [-0.25, -0.2) is 0 Å². The van der Waals surface area contributed by atoms with Gasteiger partial charge in [-0.05, 0) is 31.6 Å². The lowest BCUT2D eigenvalue weighted by Gasteiger charge is -2.45. The molecular formula is C12H18O2. The lowest BCUT2D eigenvalue weighted by molar-refractivity contribution is -0.151. The van der Waals surface area contributed by atoms with Gasteiger partial charge >= 0.3 is 5.97 Å². The van der Waals surface area contributed by atoms with Gasteiger partial charge in [0.2, 0.25) is 0 Å². The van der Waals surface area contributed by atoms with Crippen LogP contribution >= 0.6 is 0 Å². The van der Waals surface area contributed by atoms with Gasteiger partial charge in [0.25, 0.3) is 0 Å². The average molecular weight is 194 g/mol. The zero-order chi connectivity index (χ0) is 10.4. The van der Waals surface area contributed by atoms with Gasteiger partial charge in [0.1, 0.15) is 5.60 Å². The minimum Gasteiger partial charge on any atom is -0.459 e. The fraction of sp³-hybridized carbons (Fsp3) is 0.750. The normalized spacial score (nSPS) is 47.0. The third-order valence-electron chi connectivity index (χ3n) is 4.11. The highest BCUT2D eigenvalue weighted by Crippen LogP contribution is 2.53. The molecule has 0 spiro atoms. The van der Waals surface area contributed by atoms with Crippen molar-refractivity contribution in [3.8, 4) is 0 Å².